The van der Waals surface area contributed by atoms with E-state index >= 15 is 0 Å². The van der Waals surface area contributed by atoms with Crippen molar-refractivity contribution in [2.45, 2.75) is 25.8 Å². The third-order valence-electron chi connectivity index (χ3n) is 2.92. The highest BCUT2D eigenvalue weighted by molar-refractivity contribution is 5.78. The first-order valence-electron chi connectivity index (χ1n) is 5.34. The highest BCUT2D eigenvalue weighted by atomic mass is 19.1. The summed E-state index contributed by atoms with van der Waals surface area (Å²) in [6, 6.07) is 3.37. The molecule has 1 fully saturated rings. The smallest absolute Gasteiger partial charge is 0.261 e. The third kappa shape index (κ3) is 1.33. The van der Waals surface area contributed by atoms with Gasteiger partial charge in [0.25, 0.3) is 5.56 Å². The lowest BCUT2D eigenvalue weighted by molar-refractivity contribution is 0.631. The van der Waals surface area contributed by atoms with E-state index in [9.17, 15) is 9.18 Å². The summed E-state index contributed by atoms with van der Waals surface area (Å²) in [6.07, 6.45) is 3.49. The maximum absolute atomic E-state index is 13.6. The zero-order valence-corrected chi connectivity index (χ0v) is 8.90. The Balaban J connectivity index is 2.38. The number of aromatic nitrogens is 2. The molecule has 82 valence electrons. The van der Waals surface area contributed by atoms with Gasteiger partial charge in [-0.1, -0.05) is 0 Å². The van der Waals surface area contributed by atoms with Gasteiger partial charge in [-0.05, 0) is 37.5 Å². The Kier molecular flexibility index (Phi) is 1.87. The monoisotopic (exact) mass is 218 g/mol. The van der Waals surface area contributed by atoms with Gasteiger partial charge in [-0.15, -0.1) is 0 Å². The first kappa shape index (κ1) is 9.51. The molecular formula is C12H11FN2O. The Hall–Kier alpha value is -1.71. The summed E-state index contributed by atoms with van der Waals surface area (Å²) in [5, 5.41) is 0.381. The molecule has 0 N–H and O–H groups in total. The second kappa shape index (κ2) is 3.14. The van der Waals surface area contributed by atoms with Crippen LogP contribution in [0.15, 0.2) is 23.3 Å². The first-order chi connectivity index (χ1) is 7.66. The molecule has 16 heavy (non-hydrogen) atoms. The van der Waals surface area contributed by atoms with E-state index in [0.29, 0.717) is 5.39 Å². The van der Waals surface area contributed by atoms with E-state index in [0.717, 1.165) is 18.4 Å². The van der Waals surface area contributed by atoms with Crippen LogP contribution in [0.4, 0.5) is 4.39 Å². The minimum Gasteiger partial charge on any atom is -0.296 e. The van der Waals surface area contributed by atoms with Crippen molar-refractivity contribution in [1.29, 1.82) is 0 Å². The molecule has 0 aliphatic heterocycles. The molecule has 0 saturated heterocycles. The van der Waals surface area contributed by atoms with E-state index in [1.807, 2.05) is 0 Å². The number of halogens is 1. The molecule has 0 bridgehead atoms. The average Bonchev–Trinajstić information content (AvgIpc) is 3.03. The summed E-state index contributed by atoms with van der Waals surface area (Å²) in [6.45, 7) is 1.77. The second-order valence-electron chi connectivity index (χ2n) is 4.33. The number of rotatable bonds is 1. The highest BCUT2D eigenvalue weighted by Crippen LogP contribution is 2.33. The molecule has 0 spiro atoms. The summed E-state index contributed by atoms with van der Waals surface area (Å²) in [5.74, 6) is -0.421. The Morgan fingerprint density at radius 2 is 2.19 bits per heavy atom. The van der Waals surface area contributed by atoms with Crippen LogP contribution in [-0.2, 0) is 0 Å². The van der Waals surface area contributed by atoms with Crippen LogP contribution >= 0.6 is 0 Å². The van der Waals surface area contributed by atoms with E-state index in [1.54, 1.807) is 17.6 Å². The Morgan fingerprint density at radius 3 is 2.88 bits per heavy atom. The lowest BCUT2D eigenvalue weighted by atomic mass is 10.1. The SMILES string of the molecule is Cc1cc(F)c2ncn(C3CC3)c(=O)c2c1. The molecule has 2 aromatic rings. The van der Waals surface area contributed by atoms with Gasteiger partial charge in [0.15, 0.2) is 0 Å². The molecule has 0 radical (unpaired) electrons. The van der Waals surface area contributed by atoms with Gasteiger partial charge in [0.1, 0.15) is 11.3 Å². The van der Waals surface area contributed by atoms with Crippen LogP contribution in [-0.4, -0.2) is 9.55 Å². The van der Waals surface area contributed by atoms with Gasteiger partial charge < -0.3 is 0 Å². The quantitative estimate of drug-likeness (QED) is 0.735. The van der Waals surface area contributed by atoms with Crippen LogP contribution in [0, 0.1) is 12.7 Å². The lowest BCUT2D eigenvalue weighted by Crippen LogP contribution is -2.19. The predicted octanol–water partition coefficient (Wildman–Crippen LogP) is 2.18. The molecule has 1 aromatic heterocycles. The molecular weight excluding hydrogens is 207 g/mol. The van der Waals surface area contributed by atoms with Crippen molar-refractivity contribution in [1.82, 2.24) is 9.55 Å². The van der Waals surface area contributed by atoms with Crippen molar-refractivity contribution >= 4 is 10.9 Å². The normalized spacial score (nSPS) is 15.6. The van der Waals surface area contributed by atoms with Crippen molar-refractivity contribution in [2.75, 3.05) is 0 Å². The van der Waals surface area contributed by atoms with Crippen LogP contribution < -0.4 is 5.56 Å². The molecule has 3 rings (SSSR count). The summed E-state index contributed by atoms with van der Waals surface area (Å²) < 4.78 is 15.2. The Morgan fingerprint density at radius 1 is 1.44 bits per heavy atom. The second-order valence-corrected chi connectivity index (χ2v) is 4.33. The van der Waals surface area contributed by atoms with Crippen LogP contribution in [0.3, 0.4) is 0 Å². The molecule has 3 nitrogen and oxygen atoms in total. The van der Waals surface area contributed by atoms with Gasteiger partial charge in [-0.25, -0.2) is 9.37 Å². The van der Waals surface area contributed by atoms with E-state index in [-0.39, 0.29) is 17.1 Å². The predicted molar refractivity (Wildman–Crippen MR) is 59.0 cm³/mol. The third-order valence-corrected chi connectivity index (χ3v) is 2.92. The fourth-order valence-electron chi connectivity index (χ4n) is 1.95. The summed E-state index contributed by atoms with van der Waals surface area (Å²) in [4.78, 5) is 16.1. The zero-order chi connectivity index (χ0) is 11.3. The average molecular weight is 218 g/mol. The Bertz CT molecular complexity index is 629. The standard InChI is InChI=1S/C12H11FN2O/c1-7-4-9-11(10(13)5-7)14-6-15(12(9)16)8-2-3-8/h4-6,8H,2-3H2,1H3. The molecule has 1 aromatic carbocycles. The zero-order valence-electron chi connectivity index (χ0n) is 8.90. The van der Waals surface area contributed by atoms with Crippen molar-refractivity contribution in [3.8, 4) is 0 Å². The van der Waals surface area contributed by atoms with Gasteiger partial charge in [-0.3, -0.25) is 9.36 Å². The minimum absolute atomic E-state index is 0.130. The molecule has 1 heterocycles. The molecule has 0 atom stereocenters. The van der Waals surface area contributed by atoms with Gasteiger partial charge in [0.2, 0.25) is 0 Å². The fourth-order valence-corrected chi connectivity index (χ4v) is 1.95. The van der Waals surface area contributed by atoms with Gasteiger partial charge in [0, 0.05) is 6.04 Å². The molecule has 1 aliphatic carbocycles. The summed E-state index contributed by atoms with van der Waals surface area (Å²) >= 11 is 0. The maximum atomic E-state index is 13.6. The first-order valence-corrected chi connectivity index (χ1v) is 5.34. The van der Waals surface area contributed by atoms with Crippen LogP contribution in [0.1, 0.15) is 24.4 Å². The van der Waals surface area contributed by atoms with E-state index < -0.39 is 5.82 Å². The Labute approximate surface area is 91.5 Å². The van der Waals surface area contributed by atoms with Crippen molar-refractivity contribution in [3.05, 3.63) is 40.2 Å². The number of aryl methyl sites for hydroxylation is 1. The molecule has 4 heteroatoms. The van der Waals surface area contributed by atoms with Crippen LogP contribution in [0.25, 0.3) is 10.9 Å². The van der Waals surface area contributed by atoms with E-state index in [1.165, 1.54) is 12.4 Å². The van der Waals surface area contributed by atoms with Gasteiger partial charge in [0.05, 0.1) is 11.7 Å². The van der Waals surface area contributed by atoms with Crippen molar-refractivity contribution in [2.24, 2.45) is 0 Å². The lowest BCUT2D eigenvalue weighted by Gasteiger charge is -2.05. The maximum Gasteiger partial charge on any atom is 0.261 e. The summed E-state index contributed by atoms with van der Waals surface area (Å²) in [5.41, 5.74) is 0.792. The molecule has 0 amide bonds. The van der Waals surface area contributed by atoms with Crippen molar-refractivity contribution < 1.29 is 4.39 Å². The van der Waals surface area contributed by atoms with Crippen molar-refractivity contribution in [3.63, 3.8) is 0 Å². The number of hydrogen-bond acceptors (Lipinski definition) is 2. The number of hydrogen-bond donors (Lipinski definition) is 0. The topological polar surface area (TPSA) is 34.9 Å². The molecule has 1 aliphatic rings. The molecule has 0 unspecified atom stereocenters. The number of nitrogens with zero attached hydrogens (tertiary/aromatic N) is 2. The van der Waals surface area contributed by atoms with Crippen LogP contribution in [0.2, 0.25) is 0 Å². The summed E-state index contributed by atoms with van der Waals surface area (Å²) in [7, 11) is 0. The van der Waals surface area contributed by atoms with Crippen LogP contribution in [0.5, 0.6) is 0 Å². The molecule has 1 saturated carbocycles. The number of benzene rings is 1. The fraction of sp³-hybridized carbons (Fsp3) is 0.333. The van der Waals surface area contributed by atoms with E-state index in [2.05, 4.69) is 4.98 Å². The van der Waals surface area contributed by atoms with Gasteiger partial charge in [-0.2, -0.15) is 0 Å². The minimum atomic E-state index is -0.421. The van der Waals surface area contributed by atoms with Gasteiger partial charge >= 0.3 is 0 Å². The largest absolute Gasteiger partial charge is 0.296 e. The highest BCUT2D eigenvalue weighted by Gasteiger charge is 2.25. The number of fused-ring (bicyclic) bond motifs is 1. The van der Waals surface area contributed by atoms with E-state index in [4.69, 9.17) is 0 Å².